The van der Waals surface area contributed by atoms with Crippen molar-refractivity contribution in [2.75, 3.05) is 0 Å². The van der Waals surface area contributed by atoms with Crippen LogP contribution in [0.5, 0.6) is 5.75 Å². The molecule has 282 valence electrons. The van der Waals surface area contributed by atoms with E-state index in [9.17, 15) is 14.6 Å². The van der Waals surface area contributed by atoms with Gasteiger partial charge in [0, 0.05) is 0 Å². The molecule has 2 atom stereocenters. The molecule has 0 aliphatic carbocycles. The molecule has 0 aliphatic heterocycles. The van der Waals surface area contributed by atoms with E-state index in [1.807, 2.05) is 12.1 Å². The van der Waals surface area contributed by atoms with Crippen LogP contribution < -0.4 is 0 Å². The van der Waals surface area contributed by atoms with Crippen molar-refractivity contribution in [3.8, 4) is 5.75 Å². The predicted molar refractivity (Wildman–Crippen MR) is 211 cm³/mol. The zero-order valence-corrected chi connectivity index (χ0v) is 34.0. The minimum Gasteiger partial charge on any atom is -0.507 e. The lowest BCUT2D eigenvalue weighted by Gasteiger charge is -2.29. The molecule has 4 nitrogen and oxygen atoms in total. The molecule has 0 spiro atoms. The topological polar surface area (TPSA) is 66.8 Å². The van der Waals surface area contributed by atoms with Gasteiger partial charge in [0.15, 0.2) is 0 Å². The van der Waals surface area contributed by atoms with Gasteiger partial charge in [-0.15, -0.1) is 0 Å². The molecular formula is C43H81O4P. The van der Waals surface area contributed by atoms with Gasteiger partial charge in [-0.05, 0) is 46.1 Å². The first-order chi connectivity index (χ1) is 22.9. The van der Waals surface area contributed by atoms with E-state index in [-0.39, 0.29) is 10.8 Å². The molecule has 0 aromatic heterocycles. The van der Waals surface area contributed by atoms with Gasteiger partial charge in [-0.2, -0.15) is 0 Å². The van der Waals surface area contributed by atoms with Gasteiger partial charge in [0.2, 0.25) is 0 Å². The van der Waals surface area contributed by atoms with Crippen molar-refractivity contribution < 1.29 is 19.1 Å². The maximum Gasteiger partial charge on any atom is 0.317 e. The molecule has 2 N–H and O–H groups in total. The van der Waals surface area contributed by atoms with Crippen molar-refractivity contribution in [2.24, 2.45) is 0 Å². The number of phenols is 1. The Hall–Kier alpha value is -0.830. The Bertz CT molecular complexity index is 910. The van der Waals surface area contributed by atoms with Crippen LogP contribution >= 0.6 is 8.25 Å². The molecule has 0 aliphatic rings. The Morgan fingerprint density at radius 2 is 0.812 bits per heavy atom. The van der Waals surface area contributed by atoms with Crippen LogP contribution in [0.1, 0.15) is 245 Å². The van der Waals surface area contributed by atoms with Crippen LogP contribution in [0.3, 0.4) is 0 Å². The highest BCUT2D eigenvalue weighted by molar-refractivity contribution is 7.32. The number of benzene rings is 1. The summed E-state index contributed by atoms with van der Waals surface area (Å²) in [6.07, 6.45) is 36.1. The van der Waals surface area contributed by atoms with Gasteiger partial charge in [-0.3, -0.25) is 4.57 Å². The lowest BCUT2D eigenvalue weighted by molar-refractivity contribution is 0.177. The molecule has 48 heavy (non-hydrogen) atoms. The fourth-order valence-corrected chi connectivity index (χ4v) is 7.54. The predicted octanol–water partition coefficient (Wildman–Crippen LogP) is 15.0. The summed E-state index contributed by atoms with van der Waals surface area (Å²) in [6.45, 7) is 14.8. The van der Waals surface area contributed by atoms with E-state index in [0.717, 1.165) is 29.5 Å². The smallest absolute Gasteiger partial charge is 0.317 e. The third-order valence-electron chi connectivity index (χ3n) is 10.2. The lowest BCUT2D eigenvalue weighted by Crippen LogP contribution is -2.18. The molecule has 0 heterocycles. The molecule has 0 bridgehead atoms. The number of aromatic hydroxyl groups is 1. The summed E-state index contributed by atoms with van der Waals surface area (Å²) in [6, 6.07) is 3.97. The van der Waals surface area contributed by atoms with Crippen LogP contribution in [0, 0.1) is 0 Å². The minimum absolute atomic E-state index is 0.249. The van der Waals surface area contributed by atoms with Gasteiger partial charge in [-0.1, -0.05) is 215 Å². The first-order valence-electron chi connectivity index (χ1n) is 20.6. The molecule has 2 unspecified atom stereocenters. The highest BCUT2D eigenvalue weighted by Crippen LogP contribution is 2.43. The second kappa shape index (κ2) is 26.9. The van der Waals surface area contributed by atoms with E-state index in [1.54, 1.807) is 0 Å². The standard InChI is InChI=1S/C43H81O4P/c1-8-9-10-11-12-13-14-15-16-17-18-19-20-21-22-23-24-25-26-27-28-29-30-31-32-33-34-40(47-48(45)46)37-35-38(42(2,3)4)41(44)39(36-37)43(5,6)7/h35-36,40,44,48H,8-34H2,1-7H3,(H,45,46). The molecule has 0 radical (unpaired) electrons. The fraction of sp³-hybridized carbons (Fsp3) is 0.860. The summed E-state index contributed by atoms with van der Waals surface area (Å²) in [7, 11) is -3.08. The normalized spacial score (nSPS) is 13.7. The first kappa shape index (κ1) is 45.2. The maximum absolute atomic E-state index is 11.8. The number of hydrogen-bond acceptors (Lipinski definition) is 3. The molecule has 0 amide bonds. The van der Waals surface area contributed by atoms with Gasteiger partial charge in [0.25, 0.3) is 0 Å². The monoisotopic (exact) mass is 693 g/mol. The molecule has 0 saturated heterocycles. The summed E-state index contributed by atoms with van der Waals surface area (Å²) in [5.74, 6) is 0.328. The van der Waals surface area contributed by atoms with Crippen molar-refractivity contribution in [1.29, 1.82) is 0 Å². The first-order valence-corrected chi connectivity index (χ1v) is 21.9. The second-order valence-electron chi connectivity index (χ2n) is 17.0. The van der Waals surface area contributed by atoms with Crippen LogP contribution in [-0.2, 0) is 19.9 Å². The number of unbranched alkanes of at least 4 members (excludes halogenated alkanes) is 25. The van der Waals surface area contributed by atoms with Crippen molar-refractivity contribution in [1.82, 2.24) is 0 Å². The average molecular weight is 693 g/mol. The van der Waals surface area contributed by atoms with Crippen molar-refractivity contribution in [3.63, 3.8) is 0 Å². The molecule has 1 rings (SSSR count). The van der Waals surface area contributed by atoms with E-state index >= 15 is 0 Å². The van der Waals surface area contributed by atoms with Crippen molar-refractivity contribution >= 4 is 8.25 Å². The fourth-order valence-electron chi connectivity index (χ4n) is 7.05. The minimum atomic E-state index is -3.08. The van der Waals surface area contributed by atoms with Crippen molar-refractivity contribution in [2.45, 2.75) is 239 Å². The Morgan fingerprint density at radius 1 is 0.542 bits per heavy atom. The number of phenolic OH excluding ortho intramolecular Hbond substituents is 1. The third kappa shape index (κ3) is 22.1. The van der Waals surface area contributed by atoms with E-state index in [2.05, 4.69) is 48.5 Å². The number of rotatable bonds is 30. The van der Waals surface area contributed by atoms with Crippen molar-refractivity contribution in [3.05, 3.63) is 28.8 Å². The molecule has 1 aromatic carbocycles. The summed E-state index contributed by atoms with van der Waals surface area (Å²) < 4.78 is 17.4. The van der Waals surface area contributed by atoms with Crippen LogP contribution in [0.4, 0.5) is 0 Å². The van der Waals surface area contributed by atoms with E-state index in [4.69, 9.17) is 4.52 Å². The summed E-state index contributed by atoms with van der Waals surface area (Å²) in [4.78, 5) is 9.67. The molecule has 1 aromatic rings. The van der Waals surface area contributed by atoms with E-state index in [1.165, 1.54) is 154 Å². The summed E-state index contributed by atoms with van der Waals surface area (Å²) in [5, 5.41) is 11.1. The largest absolute Gasteiger partial charge is 0.507 e. The molecular weight excluding hydrogens is 611 g/mol. The Labute approximate surface area is 300 Å². The molecule has 0 saturated carbocycles. The summed E-state index contributed by atoms with van der Waals surface area (Å²) >= 11 is 0. The average Bonchev–Trinajstić information content (AvgIpc) is 3.01. The van der Waals surface area contributed by atoms with E-state index in [0.29, 0.717) is 12.2 Å². The van der Waals surface area contributed by atoms with Gasteiger partial charge < -0.3 is 14.5 Å². The zero-order chi connectivity index (χ0) is 35.7. The molecule has 5 heteroatoms. The van der Waals surface area contributed by atoms with Crippen LogP contribution in [0.2, 0.25) is 0 Å². The second-order valence-corrected chi connectivity index (χ2v) is 17.7. The van der Waals surface area contributed by atoms with Gasteiger partial charge in [-0.25, -0.2) is 0 Å². The Kier molecular flexibility index (Phi) is 25.3. The van der Waals surface area contributed by atoms with Crippen LogP contribution in [-0.4, -0.2) is 10.00 Å². The Balaban J connectivity index is 2.09. The van der Waals surface area contributed by atoms with Crippen LogP contribution in [0.15, 0.2) is 12.1 Å². The molecule has 0 fully saturated rings. The van der Waals surface area contributed by atoms with Crippen LogP contribution in [0.25, 0.3) is 0 Å². The highest BCUT2D eigenvalue weighted by Gasteiger charge is 2.28. The SMILES string of the molecule is CCCCCCCCCCCCCCCCCCCCCCCCCCCCC(O[PH](=O)O)c1cc(C(C)(C)C)c(O)c(C(C)(C)C)c1. The van der Waals surface area contributed by atoms with Gasteiger partial charge in [0.1, 0.15) is 5.75 Å². The van der Waals surface area contributed by atoms with E-state index < -0.39 is 14.4 Å². The van der Waals surface area contributed by atoms with Gasteiger partial charge >= 0.3 is 8.25 Å². The summed E-state index contributed by atoms with van der Waals surface area (Å²) in [5.41, 5.74) is 2.12. The lowest BCUT2D eigenvalue weighted by atomic mass is 9.77. The number of hydrogen-bond donors (Lipinski definition) is 2. The highest BCUT2D eigenvalue weighted by atomic mass is 31.1. The quantitative estimate of drug-likeness (QED) is 0.0622. The maximum atomic E-state index is 11.8. The zero-order valence-electron chi connectivity index (χ0n) is 33.0. The van der Waals surface area contributed by atoms with Gasteiger partial charge in [0.05, 0.1) is 6.10 Å². The third-order valence-corrected chi connectivity index (χ3v) is 10.7. The Morgan fingerprint density at radius 3 is 1.06 bits per heavy atom.